The number of ether oxygens (including phenoxy) is 2. The van der Waals surface area contributed by atoms with E-state index in [1.54, 1.807) is 0 Å². The van der Waals surface area contributed by atoms with Gasteiger partial charge >= 0.3 is 0 Å². The van der Waals surface area contributed by atoms with Crippen molar-refractivity contribution in [2.45, 2.75) is 13.2 Å². The van der Waals surface area contributed by atoms with Crippen molar-refractivity contribution in [1.29, 1.82) is 0 Å². The van der Waals surface area contributed by atoms with Gasteiger partial charge in [0.25, 0.3) is 0 Å². The van der Waals surface area contributed by atoms with E-state index in [1.165, 1.54) is 6.33 Å². The summed E-state index contributed by atoms with van der Waals surface area (Å²) >= 11 is 0. The molecule has 0 amide bonds. The maximum absolute atomic E-state index is 5.92. The minimum atomic E-state index is 0.416. The summed E-state index contributed by atoms with van der Waals surface area (Å²) in [6, 6.07) is 27.8. The Balaban J connectivity index is 1.18. The predicted octanol–water partition coefficient (Wildman–Crippen LogP) is 5.18. The lowest BCUT2D eigenvalue weighted by Gasteiger charge is -2.10. The zero-order valence-corrected chi connectivity index (χ0v) is 16.7. The molecule has 0 bridgehead atoms. The molecule has 6 nitrogen and oxygen atoms in total. The van der Waals surface area contributed by atoms with E-state index < -0.39 is 0 Å². The van der Waals surface area contributed by atoms with E-state index in [2.05, 4.69) is 32.3 Å². The number of H-pyrrole nitrogens is 1. The normalized spacial score (nSPS) is 10.8. The van der Waals surface area contributed by atoms with Gasteiger partial charge in [-0.1, -0.05) is 42.5 Å². The second-order valence-corrected chi connectivity index (χ2v) is 7.08. The lowest BCUT2D eigenvalue weighted by atomic mass is 10.1. The van der Waals surface area contributed by atoms with Gasteiger partial charge in [0.1, 0.15) is 31.0 Å². The first-order valence-corrected chi connectivity index (χ1v) is 9.98. The zero-order valence-electron chi connectivity index (χ0n) is 16.7. The molecule has 2 heterocycles. The molecule has 0 aliphatic heterocycles. The molecule has 0 unspecified atom stereocenters. The fourth-order valence-corrected chi connectivity index (χ4v) is 3.30. The van der Waals surface area contributed by atoms with Gasteiger partial charge in [0.2, 0.25) is 0 Å². The minimum absolute atomic E-state index is 0.416. The summed E-state index contributed by atoms with van der Waals surface area (Å²) < 4.78 is 11.8. The third-order valence-electron chi connectivity index (χ3n) is 4.89. The van der Waals surface area contributed by atoms with E-state index in [0.717, 1.165) is 45.0 Å². The van der Waals surface area contributed by atoms with Gasteiger partial charge < -0.3 is 9.47 Å². The van der Waals surface area contributed by atoms with E-state index in [1.807, 2.05) is 72.8 Å². The number of fused-ring (bicyclic) bond motifs is 1. The first kappa shape index (κ1) is 18.8. The molecule has 0 saturated carbocycles. The van der Waals surface area contributed by atoms with Crippen LogP contribution in [0.3, 0.4) is 0 Å². The largest absolute Gasteiger partial charge is 0.489 e. The molecule has 0 fully saturated rings. The number of benzene rings is 3. The van der Waals surface area contributed by atoms with Crippen molar-refractivity contribution in [3.05, 3.63) is 103 Å². The Kier molecular flexibility index (Phi) is 5.26. The molecule has 3 aromatic carbocycles. The number of rotatable bonds is 7. The Morgan fingerprint density at radius 3 is 2.35 bits per heavy atom. The van der Waals surface area contributed by atoms with Gasteiger partial charge in [0.15, 0.2) is 5.82 Å². The lowest BCUT2D eigenvalue weighted by Crippen LogP contribution is -1.99. The monoisotopic (exact) mass is 408 g/mol. The molecule has 0 spiro atoms. The van der Waals surface area contributed by atoms with Crippen LogP contribution in [0.1, 0.15) is 11.3 Å². The van der Waals surface area contributed by atoms with Crippen molar-refractivity contribution >= 4 is 10.9 Å². The number of aromatic nitrogens is 4. The molecule has 1 N–H and O–H groups in total. The predicted molar refractivity (Wildman–Crippen MR) is 119 cm³/mol. The fourth-order valence-electron chi connectivity index (χ4n) is 3.30. The van der Waals surface area contributed by atoms with Gasteiger partial charge in [-0.15, -0.1) is 0 Å². The van der Waals surface area contributed by atoms with Gasteiger partial charge in [-0.2, -0.15) is 5.10 Å². The van der Waals surface area contributed by atoms with Gasteiger partial charge in [0.05, 0.1) is 11.2 Å². The second-order valence-electron chi connectivity index (χ2n) is 7.08. The Hall–Kier alpha value is -4.19. The van der Waals surface area contributed by atoms with E-state index in [0.29, 0.717) is 13.2 Å². The van der Waals surface area contributed by atoms with Crippen molar-refractivity contribution in [3.8, 4) is 22.9 Å². The maximum atomic E-state index is 5.92. The summed E-state index contributed by atoms with van der Waals surface area (Å²) in [5.41, 5.74) is 3.90. The van der Waals surface area contributed by atoms with E-state index in [9.17, 15) is 0 Å². The molecule has 0 aliphatic rings. The number of nitrogens with zero attached hydrogens (tertiary/aromatic N) is 3. The molecule has 0 aliphatic carbocycles. The molecule has 0 saturated heterocycles. The lowest BCUT2D eigenvalue weighted by molar-refractivity contribution is 0.295. The SMILES string of the molecule is c1cc(COc2ccc(OCc3ccc4ccccc4n3)cc2)cc(-c2ncn[nH]2)c1. The molecule has 0 atom stereocenters. The first-order chi connectivity index (χ1) is 15.3. The number of hydrogen-bond acceptors (Lipinski definition) is 5. The highest BCUT2D eigenvalue weighted by molar-refractivity contribution is 5.78. The van der Waals surface area contributed by atoms with Crippen LogP contribution in [0, 0.1) is 0 Å². The molecule has 31 heavy (non-hydrogen) atoms. The average Bonchev–Trinajstić information content (AvgIpc) is 3.37. The number of nitrogens with one attached hydrogen (secondary N) is 1. The number of pyridine rings is 1. The first-order valence-electron chi connectivity index (χ1n) is 9.98. The summed E-state index contributed by atoms with van der Waals surface area (Å²) in [6.07, 6.45) is 1.50. The van der Waals surface area contributed by atoms with Gasteiger partial charge in [-0.25, -0.2) is 9.97 Å². The third kappa shape index (κ3) is 4.53. The van der Waals surface area contributed by atoms with Crippen molar-refractivity contribution in [1.82, 2.24) is 20.2 Å². The minimum Gasteiger partial charge on any atom is -0.489 e. The van der Waals surface area contributed by atoms with Crippen molar-refractivity contribution < 1.29 is 9.47 Å². The second kappa shape index (κ2) is 8.67. The smallest absolute Gasteiger partial charge is 0.155 e. The van der Waals surface area contributed by atoms with Gasteiger partial charge in [0, 0.05) is 10.9 Å². The van der Waals surface area contributed by atoms with Gasteiger partial charge in [-0.05, 0) is 48.0 Å². The highest BCUT2D eigenvalue weighted by Gasteiger charge is 2.04. The van der Waals surface area contributed by atoms with Crippen LogP contribution in [0.4, 0.5) is 0 Å². The Morgan fingerprint density at radius 2 is 1.55 bits per heavy atom. The highest BCUT2D eigenvalue weighted by atomic mass is 16.5. The van der Waals surface area contributed by atoms with E-state index >= 15 is 0 Å². The van der Waals surface area contributed by atoms with Crippen LogP contribution < -0.4 is 9.47 Å². The molecule has 6 heteroatoms. The summed E-state index contributed by atoms with van der Waals surface area (Å²) in [4.78, 5) is 8.82. The number of aromatic amines is 1. The number of para-hydroxylation sites is 1. The number of hydrogen-bond donors (Lipinski definition) is 1. The quantitative estimate of drug-likeness (QED) is 0.402. The van der Waals surface area contributed by atoms with Crippen LogP contribution in [0.25, 0.3) is 22.3 Å². The molecule has 152 valence electrons. The molecule has 5 aromatic rings. The van der Waals surface area contributed by atoms with E-state index in [4.69, 9.17) is 9.47 Å². The maximum Gasteiger partial charge on any atom is 0.155 e. The van der Waals surface area contributed by atoms with Crippen LogP contribution in [0.2, 0.25) is 0 Å². The molecule has 5 rings (SSSR count). The summed E-state index contributed by atoms with van der Waals surface area (Å²) in [5, 5.41) is 7.89. The van der Waals surface area contributed by atoms with Crippen molar-refractivity contribution in [3.63, 3.8) is 0 Å². The van der Waals surface area contributed by atoms with Crippen LogP contribution in [-0.2, 0) is 13.2 Å². The molecule has 0 radical (unpaired) electrons. The summed E-state index contributed by atoms with van der Waals surface area (Å²) in [7, 11) is 0. The van der Waals surface area contributed by atoms with E-state index in [-0.39, 0.29) is 0 Å². The van der Waals surface area contributed by atoms with Crippen LogP contribution >= 0.6 is 0 Å². The highest BCUT2D eigenvalue weighted by Crippen LogP contribution is 2.21. The zero-order chi connectivity index (χ0) is 20.9. The average molecular weight is 408 g/mol. The van der Waals surface area contributed by atoms with Crippen LogP contribution in [-0.4, -0.2) is 20.2 Å². The molecular formula is C25H20N4O2. The van der Waals surface area contributed by atoms with Crippen LogP contribution in [0.15, 0.2) is 91.3 Å². The Morgan fingerprint density at radius 1 is 0.742 bits per heavy atom. The van der Waals surface area contributed by atoms with Gasteiger partial charge in [-0.3, -0.25) is 5.10 Å². The Labute approximate surface area is 179 Å². The van der Waals surface area contributed by atoms with Crippen molar-refractivity contribution in [2.24, 2.45) is 0 Å². The summed E-state index contributed by atoms with van der Waals surface area (Å²) in [6.45, 7) is 0.878. The third-order valence-corrected chi connectivity index (χ3v) is 4.89. The molecular weight excluding hydrogens is 388 g/mol. The Bertz CT molecular complexity index is 1280. The molecule has 2 aromatic heterocycles. The standard InChI is InChI=1S/C25H20N4O2/c1-2-7-24-19(5-1)8-9-21(28-24)16-31-23-12-10-22(11-13-23)30-15-18-4-3-6-20(14-18)25-26-17-27-29-25/h1-14,17H,15-16H2,(H,26,27,29). The van der Waals surface area contributed by atoms with Crippen molar-refractivity contribution in [2.75, 3.05) is 0 Å². The summed E-state index contributed by atoms with van der Waals surface area (Å²) in [5.74, 6) is 2.29. The van der Waals surface area contributed by atoms with Crippen LogP contribution in [0.5, 0.6) is 11.5 Å². The topological polar surface area (TPSA) is 72.9 Å². The fraction of sp³-hybridized carbons (Fsp3) is 0.0800.